The molecule has 0 aliphatic heterocycles. The van der Waals surface area contributed by atoms with Crippen molar-refractivity contribution in [3.05, 3.63) is 64.2 Å². The lowest BCUT2D eigenvalue weighted by atomic mass is 9.96. The highest BCUT2D eigenvalue weighted by Crippen LogP contribution is 2.26. The maximum absolute atomic E-state index is 10.4. The first-order chi connectivity index (χ1) is 8.49. The van der Waals surface area contributed by atoms with Crippen LogP contribution in [0, 0.1) is 20.8 Å². The molecule has 0 aromatic heterocycles. The molecule has 1 atom stereocenters. The van der Waals surface area contributed by atoms with Gasteiger partial charge >= 0.3 is 0 Å². The second kappa shape index (κ2) is 4.83. The smallest absolute Gasteiger partial charge is 0.104 e. The van der Waals surface area contributed by atoms with Gasteiger partial charge in [0.2, 0.25) is 0 Å². The zero-order valence-electron chi connectivity index (χ0n) is 11.1. The molecule has 0 bridgehead atoms. The van der Waals surface area contributed by atoms with Crippen LogP contribution in [0.15, 0.2) is 36.4 Å². The molecule has 18 heavy (non-hydrogen) atoms. The van der Waals surface area contributed by atoms with E-state index in [4.69, 9.17) is 5.73 Å². The van der Waals surface area contributed by atoms with Gasteiger partial charge in [-0.05, 0) is 54.7 Å². The van der Waals surface area contributed by atoms with Crippen LogP contribution in [0.3, 0.4) is 0 Å². The molecule has 0 aliphatic rings. The fraction of sp³-hybridized carbons (Fsp3) is 0.250. The zero-order chi connectivity index (χ0) is 13.3. The van der Waals surface area contributed by atoms with Crippen molar-refractivity contribution >= 4 is 5.69 Å². The number of rotatable bonds is 2. The molecule has 2 heteroatoms. The standard InChI is InChI=1S/C16H19NO/c1-10-4-5-13(8-11(10)2)16(18)14-6-7-15(17)12(3)9-14/h4-9,16,18H,17H2,1-3H3/t16-/m0/s1. The van der Waals surface area contributed by atoms with E-state index in [1.165, 1.54) is 11.1 Å². The third-order valence-corrected chi connectivity index (χ3v) is 3.46. The summed E-state index contributed by atoms with van der Waals surface area (Å²) in [6, 6.07) is 11.7. The van der Waals surface area contributed by atoms with Gasteiger partial charge < -0.3 is 10.8 Å². The second-order valence-electron chi connectivity index (χ2n) is 4.86. The van der Waals surface area contributed by atoms with Crippen LogP contribution in [0.4, 0.5) is 5.69 Å². The highest BCUT2D eigenvalue weighted by atomic mass is 16.3. The molecule has 0 amide bonds. The monoisotopic (exact) mass is 241 g/mol. The van der Waals surface area contributed by atoms with Crippen molar-refractivity contribution in [2.45, 2.75) is 26.9 Å². The van der Waals surface area contributed by atoms with E-state index in [2.05, 4.69) is 13.8 Å². The van der Waals surface area contributed by atoms with Gasteiger partial charge in [0.1, 0.15) is 6.10 Å². The van der Waals surface area contributed by atoms with Crippen molar-refractivity contribution in [3.8, 4) is 0 Å². The Labute approximate surface area is 108 Å². The SMILES string of the molecule is Cc1ccc([C@H](O)c2ccc(N)c(C)c2)cc1C. The quantitative estimate of drug-likeness (QED) is 0.793. The molecule has 0 saturated carbocycles. The topological polar surface area (TPSA) is 46.2 Å². The molecule has 0 radical (unpaired) electrons. The summed E-state index contributed by atoms with van der Waals surface area (Å²) in [7, 11) is 0. The van der Waals surface area contributed by atoms with Crippen LogP contribution < -0.4 is 5.73 Å². The average Bonchev–Trinajstić information content (AvgIpc) is 2.35. The predicted molar refractivity (Wildman–Crippen MR) is 75.6 cm³/mol. The third-order valence-electron chi connectivity index (χ3n) is 3.46. The number of nitrogen functional groups attached to an aromatic ring is 1. The van der Waals surface area contributed by atoms with Gasteiger partial charge in [0.15, 0.2) is 0 Å². The lowest BCUT2D eigenvalue weighted by Crippen LogP contribution is -2.02. The van der Waals surface area contributed by atoms with Crippen LogP contribution >= 0.6 is 0 Å². The van der Waals surface area contributed by atoms with Gasteiger partial charge in [0.25, 0.3) is 0 Å². The summed E-state index contributed by atoms with van der Waals surface area (Å²) in [6.45, 7) is 6.07. The average molecular weight is 241 g/mol. The Kier molecular flexibility index (Phi) is 3.39. The highest BCUT2D eigenvalue weighted by molar-refractivity contribution is 5.49. The van der Waals surface area contributed by atoms with Gasteiger partial charge in [-0.1, -0.05) is 30.3 Å². The van der Waals surface area contributed by atoms with Crippen molar-refractivity contribution < 1.29 is 5.11 Å². The Balaban J connectivity index is 2.37. The van der Waals surface area contributed by atoms with Crippen LogP contribution in [0.25, 0.3) is 0 Å². The number of nitrogens with two attached hydrogens (primary N) is 1. The van der Waals surface area contributed by atoms with Crippen LogP contribution in [0.2, 0.25) is 0 Å². The van der Waals surface area contributed by atoms with Gasteiger partial charge in [-0.25, -0.2) is 0 Å². The molecule has 0 aliphatic carbocycles. The molecular formula is C16H19NO. The van der Waals surface area contributed by atoms with E-state index in [-0.39, 0.29) is 0 Å². The number of aryl methyl sites for hydroxylation is 3. The fourth-order valence-corrected chi connectivity index (χ4v) is 2.00. The summed E-state index contributed by atoms with van der Waals surface area (Å²) in [4.78, 5) is 0. The summed E-state index contributed by atoms with van der Waals surface area (Å²) in [5.74, 6) is 0. The largest absolute Gasteiger partial charge is 0.399 e. The molecule has 2 aromatic carbocycles. The first kappa shape index (κ1) is 12.7. The van der Waals surface area contributed by atoms with Gasteiger partial charge in [0, 0.05) is 5.69 Å². The number of aliphatic hydroxyl groups excluding tert-OH is 1. The first-order valence-corrected chi connectivity index (χ1v) is 6.10. The van der Waals surface area contributed by atoms with E-state index in [0.717, 1.165) is 22.4 Å². The maximum Gasteiger partial charge on any atom is 0.104 e. The Morgan fingerprint density at radius 3 is 1.94 bits per heavy atom. The van der Waals surface area contributed by atoms with Crippen LogP contribution in [0.1, 0.15) is 33.9 Å². The van der Waals surface area contributed by atoms with Crippen molar-refractivity contribution in [2.75, 3.05) is 5.73 Å². The fourth-order valence-electron chi connectivity index (χ4n) is 2.00. The first-order valence-electron chi connectivity index (χ1n) is 6.10. The Morgan fingerprint density at radius 2 is 1.39 bits per heavy atom. The molecule has 2 aromatic rings. The minimum atomic E-state index is -0.594. The summed E-state index contributed by atoms with van der Waals surface area (Å²) >= 11 is 0. The van der Waals surface area contributed by atoms with E-state index < -0.39 is 6.10 Å². The number of hydrogen-bond donors (Lipinski definition) is 2. The van der Waals surface area contributed by atoms with E-state index in [1.54, 1.807) is 0 Å². The molecule has 3 N–H and O–H groups in total. The van der Waals surface area contributed by atoms with Crippen molar-refractivity contribution in [1.29, 1.82) is 0 Å². The van der Waals surface area contributed by atoms with E-state index >= 15 is 0 Å². The molecule has 2 nitrogen and oxygen atoms in total. The summed E-state index contributed by atoms with van der Waals surface area (Å²) in [5.41, 5.74) is 11.8. The lowest BCUT2D eigenvalue weighted by molar-refractivity contribution is 0.220. The van der Waals surface area contributed by atoms with Crippen molar-refractivity contribution in [1.82, 2.24) is 0 Å². The van der Waals surface area contributed by atoms with Gasteiger partial charge in [0.05, 0.1) is 0 Å². The van der Waals surface area contributed by atoms with Crippen molar-refractivity contribution in [3.63, 3.8) is 0 Å². The zero-order valence-corrected chi connectivity index (χ0v) is 11.1. The Morgan fingerprint density at radius 1 is 0.833 bits per heavy atom. The van der Waals surface area contributed by atoms with Crippen LogP contribution in [0.5, 0.6) is 0 Å². The second-order valence-corrected chi connectivity index (χ2v) is 4.86. The molecule has 0 saturated heterocycles. The number of benzene rings is 2. The molecule has 0 fully saturated rings. The lowest BCUT2D eigenvalue weighted by Gasteiger charge is -2.14. The minimum Gasteiger partial charge on any atom is -0.399 e. The molecule has 2 rings (SSSR count). The Hall–Kier alpha value is -1.80. The molecule has 0 heterocycles. The molecule has 0 unspecified atom stereocenters. The van der Waals surface area contributed by atoms with Crippen LogP contribution in [-0.2, 0) is 0 Å². The van der Waals surface area contributed by atoms with Gasteiger partial charge in [-0.15, -0.1) is 0 Å². The predicted octanol–water partition coefficient (Wildman–Crippen LogP) is 3.28. The molecule has 94 valence electrons. The minimum absolute atomic E-state index is 0.594. The normalized spacial score (nSPS) is 12.4. The maximum atomic E-state index is 10.4. The Bertz CT molecular complexity index is 524. The summed E-state index contributed by atoms with van der Waals surface area (Å²) < 4.78 is 0. The van der Waals surface area contributed by atoms with E-state index in [9.17, 15) is 5.11 Å². The van der Waals surface area contributed by atoms with E-state index in [0.29, 0.717) is 0 Å². The summed E-state index contributed by atoms with van der Waals surface area (Å²) in [5, 5.41) is 10.4. The van der Waals surface area contributed by atoms with Crippen LogP contribution in [-0.4, -0.2) is 5.11 Å². The van der Waals surface area contributed by atoms with Gasteiger partial charge in [-0.3, -0.25) is 0 Å². The van der Waals surface area contributed by atoms with E-state index in [1.807, 2.05) is 43.3 Å². The highest BCUT2D eigenvalue weighted by Gasteiger charge is 2.11. The van der Waals surface area contributed by atoms with Gasteiger partial charge in [-0.2, -0.15) is 0 Å². The number of anilines is 1. The number of aliphatic hydroxyl groups is 1. The van der Waals surface area contributed by atoms with Crippen molar-refractivity contribution in [2.24, 2.45) is 0 Å². The summed E-state index contributed by atoms with van der Waals surface area (Å²) in [6.07, 6.45) is -0.594. The molecular weight excluding hydrogens is 222 g/mol. The number of hydrogen-bond acceptors (Lipinski definition) is 2. The third kappa shape index (κ3) is 2.39. The molecule has 0 spiro atoms.